The fourth-order valence-electron chi connectivity index (χ4n) is 2.17. The van der Waals surface area contributed by atoms with E-state index in [-0.39, 0.29) is 5.56 Å². The zero-order chi connectivity index (χ0) is 14.8. The molecule has 0 saturated carbocycles. The highest BCUT2D eigenvalue weighted by Gasteiger charge is 2.47. The second-order valence-electron chi connectivity index (χ2n) is 4.86. The van der Waals surface area contributed by atoms with Crippen LogP contribution in [0.4, 0.5) is 8.78 Å². The second-order valence-corrected chi connectivity index (χ2v) is 4.86. The highest BCUT2D eigenvalue weighted by atomic mass is 19.1. The average Bonchev–Trinajstić information content (AvgIpc) is 2.35. The molecular weight excluding hydrogens is 254 g/mol. The number of ether oxygens (including phenoxy) is 1. The first kappa shape index (κ1) is 15.6. The van der Waals surface area contributed by atoms with Crippen LogP contribution in [0.25, 0.3) is 0 Å². The Kier molecular flexibility index (Phi) is 4.63. The smallest absolute Gasteiger partial charge is 0.338 e. The van der Waals surface area contributed by atoms with Gasteiger partial charge in [0.05, 0.1) is 7.11 Å². The molecule has 2 atom stereocenters. The highest BCUT2D eigenvalue weighted by Crippen LogP contribution is 2.36. The molecule has 0 aliphatic heterocycles. The van der Waals surface area contributed by atoms with Crippen LogP contribution in [0.3, 0.4) is 0 Å². The lowest BCUT2D eigenvalue weighted by Crippen LogP contribution is -2.49. The average molecular weight is 272 g/mol. The number of esters is 1. The molecule has 0 aliphatic carbocycles. The summed E-state index contributed by atoms with van der Waals surface area (Å²) in [6.07, 6.45) is 0. The van der Waals surface area contributed by atoms with Crippen molar-refractivity contribution in [2.45, 2.75) is 32.3 Å². The molecule has 1 aromatic rings. The number of carbonyl (C=O) groups excluding carboxylic acids is 1. The van der Waals surface area contributed by atoms with Crippen LogP contribution in [-0.2, 0) is 9.53 Å². The molecule has 0 aromatic heterocycles. The Bertz CT molecular complexity index is 474. The van der Waals surface area contributed by atoms with E-state index in [0.717, 1.165) is 19.2 Å². The van der Waals surface area contributed by atoms with Crippen LogP contribution in [-0.4, -0.2) is 23.8 Å². The van der Waals surface area contributed by atoms with Crippen LogP contribution in [0.5, 0.6) is 0 Å². The molecular formula is C14H18F2O3. The summed E-state index contributed by atoms with van der Waals surface area (Å²) in [6.45, 7) is 4.77. The second kappa shape index (κ2) is 5.65. The maximum Gasteiger partial charge on any atom is 0.338 e. The van der Waals surface area contributed by atoms with E-state index < -0.39 is 35.0 Å². The van der Waals surface area contributed by atoms with Gasteiger partial charge >= 0.3 is 5.97 Å². The molecule has 19 heavy (non-hydrogen) atoms. The summed E-state index contributed by atoms with van der Waals surface area (Å²) in [5.41, 5.74) is -1.80. The summed E-state index contributed by atoms with van der Waals surface area (Å²) in [5.74, 6) is -3.69. The van der Waals surface area contributed by atoms with Crippen molar-refractivity contribution in [1.29, 1.82) is 0 Å². The Labute approximate surface area is 111 Å². The first-order chi connectivity index (χ1) is 8.75. The summed E-state index contributed by atoms with van der Waals surface area (Å²) in [7, 11) is 1.16. The maximum atomic E-state index is 13.8. The number of rotatable bonds is 4. The van der Waals surface area contributed by atoms with Gasteiger partial charge in [-0.15, -0.1) is 0 Å². The van der Waals surface area contributed by atoms with Gasteiger partial charge in [0.25, 0.3) is 0 Å². The fourth-order valence-corrected chi connectivity index (χ4v) is 2.17. The van der Waals surface area contributed by atoms with Crippen LogP contribution in [0, 0.1) is 17.6 Å². The standard InChI is InChI=1S/C14H18F2O3/c1-8(2)14(18,13(17)19-4)9(3)11-6-5-10(15)7-12(11)16/h5-9,18H,1-4H3. The molecule has 0 fully saturated rings. The first-order valence-corrected chi connectivity index (χ1v) is 6.00. The molecule has 0 spiro atoms. The van der Waals surface area contributed by atoms with Gasteiger partial charge < -0.3 is 9.84 Å². The Hall–Kier alpha value is -1.49. The van der Waals surface area contributed by atoms with Crippen molar-refractivity contribution >= 4 is 5.97 Å². The van der Waals surface area contributed by atoms with E-state index in [4.69, 9.17) is 0 Å². The minimum absolute atomic E-state index is 0.0722. The van der Waals surface area contributed by atoms with Crippen LogP contribution in [0.15, 0.2) is 18.2 Å². The van der Waals surface area contributed by atoms with Crippen LogP contribution in [0.1, 0.15) is 32.3 Å². The summed E-state index contributed by atoms with van der Waals surface area (Å²) in [5, 5.41) is 10.5. The third-order valence-electron chi connectivity index (χ3n) is 3.48. The summed E-state index contributed by atoms with van der Waals surface area (Å²) >= 11 is 0. The lowest BCUT2D eigenvalue weighted by atomic mass is 9.76. The monoisotopic (exact) mass is 272 g/mol. The molecule has 0 radical (unpaired) electrons. The van der Waals surface area contributed by atoms with E-state index in [1.54, 1.807) is 13.8 Å². The summed E-state index contributed by atoms with van der Waals surface area (Å²) in [6, 6.07) is 3.04. The maximum absolute atomic E-state index is 13.8. The molecule has 1 N–H and O–H groups in total. The van der Waals surface area contributed by atoms with E-state index in [0.29, 0.717) is 0 Å². The summed E-state index contributed by atoms with van der Waals surface area (Å²) < 4.78 is 31.3. The number of hydrogen-bond donors (Lipinski definition) is 1. The number of benzene rings is 1. The summed E-state index contributed by atoms with van der Waals surface area (Å²) in [4.78, 5) is 11.8. The van der Waals surface area contributed by atoms with Crippen LogP contribution >= 0.6 is 0 Å². The molecule has 106 valence electrons. The van der Waals surface area contributed by atoms with Crippen molar-refractivity contribution in [1.82, 2.24) is 0 Å². The number of carbonyl (C=O) groups is 1. The molecule has 0 bridgehead atoms. The first-order valence-electron chi connectivity index (χ1n) is 6.00. The fraction of sp³-hybridized carbons (Fsp3) is 0.500. The number of hydrogen-bond acceptors (Lipinski definition) is 3. The third kappa shape index (κ3) is 2.76. The lowest BCUT2D eigenvalue weighted by molar-refractivity contribution is -0.170. The molecule has 0 amide bonds. The zero-order valence-electron chi connectivity index (χ0n) is 11.4. The predicted octanol–water partition coefficient (Wildman–Crippen LogP) is 2.63. The van der Waals surface area contributed by atoms with Gasteiger partial charge in [-0.2, -0.15) is 0 Å². The lowest BCUT2D eigenvalue weighted by Gasteiger charge is -2.35. The number of aliphatic hydroxyl groups is 1. The van der Waals surface area contributed by atoms with Gasteiger partial charge in [-0.3, -0.25) is 0 Å². The van der Waals surface area contributed by atoms with Gasteiger partial charge in [-0.1, -0.05) is 26.8 Å². The van der Waals surface area contributed by atoms with Gasteiger partial charge in [0, 0.05) is 12.0 Å². The van der Waals surface area contributed by atoms with Crippen molar-refractivity contribution in [2.75, 3.05) is 7.11 Å². The molecule has 1 aromatic carbocycles. The van der Waals surface area contributed by atoms with E-state index in [2.05, 4.69) is 4.74 Å². The Balaban J connectivity index is 3.27. The number of halogens is 2. The van der Waals surface area contributed by atoms with Crippen molar-refractivity contribution < 1.29 is 23.4 Å². The molecule has 0 aliphatic rings. The Morgan fingerprint density at radius 2 is 1.89 bits per heavy atom. The molecule has 5 heteroatoms. The third-order valence-corrected chi connectivity index (χ3v) is 3.48. The minimum Gasteiger partial charge on any atom is -0.467 e. The van der Waals surface area contributed by atoms with E-state index in [1.165, 1.54) is 13.0 Å². The molecule has 1 rings (SSSR count). The van der Waals surface area contributed by atoms with Gasteiger partial charge in [0.1, 0.15) is 11.6 Å². The van der Waals surface area contributed by atoms with E-state index >= 15 is 0 Å². The number of methoxy groups -OCH3 is 1. The highest BCUT2D eigenvalue weighted by molar-refractivity contribution is 5.81. The largest absolute Gasteiger partial charge is 0.467 e. The van der Waals surface area contributed by atoms with E-state index in [1.807, 2.05) is 0 Å². The van der Waals surface area contributed by atoms with E-state index in [9.17, 15) is 18.7 Å². The minimum atomic E-state index is -1.87. The molecule has 0 saturated heterocycles. The molecule has 2 unspecified atom stereocenters. The Morgan fingerprint density at radius 1 is 1.32 bits per heavy atom. The van der Waals surface area contributed by atoms with Crippen molar-refractivity contribution in [2.24, 2.45) is 5.92 Å². The van der Waals surface area contributed by atoms with Gasteiger partial charge in [0.2, 0.25) is 0 Å². The SMILES string of the molecule is COC(=O)C(O)(C(C)C)C(C)c1ccc(F)cc1F. The van der Waals surface area contributed by atoms with Gasteiger partial charge in [-0.05, 0) is 17.5 Å². The van der Waals surface area contributed by atoms with Crippen LogP contribution in [0.2, 0.25) is 0 Å². The van der Waals surface area contributed by atoms with Crippen molar-refractivity contribution in [3.63, 3.8) is 0 Å². The zero-order valence-corrected chi connectivity index (χ0v) is 11.4. The van der Waals surface area contributed by atoms with Gasteiger partial charge in [-0.25, -0.2) is 13.6 Å². The normalized spacial score (nSPS) is 16.0. The van der Waals surface area contributed by atoms with Crippen LogP contribution < -0.4 is 0 Å². The molecule has 3 nitrogen and oxygen atoms in total. The van der Waals surface area contributed by atoms with Gasteiger partial charge in [0.15, 0.2) is 5.60 Å². The quantitative estimate of drug-likeness (QED) is 0.857. The van der Waals surface area contributed by atoms with Crippen molar-refractivity contribution in [3.05, 3.63) is 35.4 Å². The Morgan fingerprint density at radius 3 is 2.32 bits per heavy atom. The van der Waals surface area contributed by atoms with Crippen molar-refractivity contribution in [3.8, 4) is 0 Å². The molecule has 0 heterocycles. The topological polar surface area (TPSA) is 46.5 Å². The predicted molar refractivity (Wildman–Crippen MR) is 66.6 cm³/mol.